The van der Waals surface area contributed by atoms with Crippen LogP contribution in [0.4, 0.5) is 0 Å². The van der Waals surface area contributed by atoms with Gasteiger partial charge >= 0.3 is 5.97 Å². The zero-order valence-electron chi connectivity index (χ0n) is 23.1. The molecule has 2 N–H and O–H groups in total. The number of ketones is 1. The van der Waals surface area contributed by atoms with Gasteiger partial charge in [0.25, 0.3) is 11.7 Å². The Labute approximate surface area is 223 Å². The molecule has 0 saturated carbocycles. The second-order valence-electron chi connectivity index (χ2n) is 9.10. The fourth-order valence-corrected chi connectivity index (χ4v) is 5.03. The zero-order chi connectivity index (χ0) is 28.1. The van der Waals surface area contributed by atoms with Crippen molar-refractivity contribution in [3.63, 3.8) is 0 Å². The van der Waals surface area contributed by atoms with E-state index >= 15 is 0 Å². The molecule has 10 nitrogen and oxygen atoms in total. The van der Waals surface area contributed by atoms with Crippen molar-refractivity contribution in [3.05, 3.63) is 51.9 Å². The van der Waals surface area contributed by atoms with E-state index < -0.39 is 23.7 Å². The molecule has 0 bridgehead atoms. The Bertz CT molecular complexity index is 1240. The quantitative estimate of drug-likeness (QED) is 0.197. The average Bonchev–Trinajstić information content (AvgIpc) is 3.36. The number of esters is 1. The summed E-state index contributed by atoms with van der Waals surface area (Å²) in [4.78, 5) is 45.7. The number of rotatable bonds is 11. The van der Waals surface area contributed by atoms with Crippen molar-refractivity contribution in [2.24, 2.45) is 0 Å². The molecule has 1 atom stereocenters. The number of benzene rings is 1. The van der Waals surface area contributed by atoms with Crippen LogP contribution in [0.5, 0.6) is 11.5 Å². The van der Waals surface area contributed by atoms with Crippen molar-refractivity contribution < 1.29 is 33.7 Å². The maximum atomic E-state index is 13.4. The van der Waals surface area contributed by atoms with Gasteiger partial charge in [-0.3, -0.25) is 9.59 Å². The van der Waals surface area contributed by atoms with Crippen LogP contribution in [0.15, 0.2) is 23.8 Å². The molecule has 3 rings (SSSR count). The van der Waals surface area contributed by atoms with Crippen LogP contribution in [-0.2, 0) is 14.3 Å². The van der Waals surface area contributed by atoms with Gasteiger partial charge < -0.3 is 34.1 Å². The number of nitrogens with one attached hydrogen (secondary N) is 1. The van der Waals surface area contributed by atoms with Crippen LogP contribution >= 0.6 is 0 Å². The molecule has 0 unspecified atom stereocenters. The highest BCUT2D eigenvalue weighted by atomic mass is 16.5. The van der Waals surface area contributed by atoms with Gasteiger partial charge in [-0.05, 0) is 63.2 Å². The summed E-state index contributed by atoms with van der Waals surface area (Å²) >= 11 is 0. The van der Waals surface area contributed by atoms with Crippen molar-refractivity contribution >= 4 is 23.4 Å². The molecule has 1 aliphatic heterocycles. The van der Waals surface area contributed by atoms with E-state index in [9.17, 15) is 19.5 Å². The van der Waals surface area contributed by atoms with Crippen molar-refractivity contribution in [2.45, 2.75) is 40.2 Å². The highest BCUT2D eigenvalue weighted by Gasteiger charge is 2.46. The molecule has 2 aromatic rings. The number of hydrogen-bond donors (Lipinski definition) is 2. The number of carbonyl (C=O) groups excluding carboxylic acids is 3. The van der Waals surface area contributed by atoms with Crippen LogP contribution in [0.25, 0.3) is 5.76 Å². The van der Waals surface area contributed by atoms with Crippen LogP contribution in [-0.4, -0.2) is 85.1 Å². The molecule has 206 valence electrons. The molecule has 0 radical (unpaired) electrons. The number of aromatic nitrogens is 1. The van der Waals surface area contributed by atoms with Crippen molar-refractivity contribution in [1.82, 2.24) is 14.8 Å². The summed E-state index contributed by atoms with van der Waals surface area (Å²) in [6.07, 6.45) is 0.646. The molecule has 38 heavy (non-hydrogen) atoms. The zero-order valence-corrected chi connectivity index (χ0v) is 23.1. The number of ether oxygens (including phenoxy) is 3. The first-order valence-electron chi connectivity index (χ1n) is 12.6. The van der Waals surface area contributed by atoms with Gasteiger partial charge in [0.2, 0.25) is 0 Å². The highest BCUT2D eigenvalue weighted by molar-refractivity contribution is 6.46. The number of amides is 1. The Balaban J connectivity index is 2.18. The first-order chi connectivity index (χ1) is 18.1. The second kappa shape index (κ2) is 12.2. The van der Waals surface area contributed by atoms with Crippen LogP contribution < -0.4 is 9.47 Å². The summed E-state index contributed by atoms with van der Waals surface area (Å²) < 4.78 is 15.7. The van der Waals surface area contributed by atoms with Crippen LogP contribution in [0, 0.1) is 13.8 Å². The molecule has 1 saturated heterocycles. The largest absolute Gasteiger partial charge is 0.507 e. The molecular formula is C28H37N3O7. The number of aliphatic hydroxyl groups excluding tert-OH is 1. The lowest BCUT2D eigenvalue weighted by Gasteiger charge is -2.27. The van der Waals surface area contributed by atoms with Crippen molar-refractivity contribution in [1.29, 1.82) is 0 Å². The van der Waals surface area contributed by atoms with E-state index in [-0.39, 0.29) is 22.6 Å². The number of aliphatic hydroxyl groups is 1. The van der Waals surface area contributed by atoms with E-state index in [1.807, 2.05) is 0 Å². The van der Waals surface area contributed by atoms with E-state index in [4.69, 9.17) is 14.2 Å². The minimum Gasteiger partial charge on any atom is -0.507 e. The number of methoxy groups -OCH3 is 3. The summed E-state index contributed by atoms with van der Waals surface area (Å²) in [5.74, 6) is -1.50. The Hall–Kier alpha value is -3.79. The molecule has 0 spiro atoms. The average molecular weight is 528 g/mol. The van der Waals surface area contributed by atoms with Gasteiger partial charge in [-0.2, -0.15) is 0 Å². The first kappa shape index (κ1) is 28.8. The summed E-state index contributed by atoms with van der Waals surface area (Å²) in [5, 5.41) is 11.5. The van der Waals surface area contributed by atoms with E-state index in [0.717, 1.165) is 19.6 Å². The third-order valence-electron chi connectivity index (χ3n) is 7.09. The molecule has 1 aromatic heterocycles. The van der Waals surface area contributed by atoms with Crippen LogP contribution in [0.2, 0.25) is 0 Å². The van der Waals surface area contributed by atoms with E-state index in [1.54, 1.807) is 32.0 Å². The molecule has 2 heterocycles. The number of likely N-dealkylation sites (tertiary alicyclic amines) is 1. The minimum absolute atomic E-state index is 0.0494. The fourth-order valence-electron chi connectivity index (χ4n) is 5.03. The summed E-state index contributed by atoms with van der Waals surface area (Å²) in [6, 6.07) is 4.30. The molecule has 1 amide bonds. The normalized spacial score (nSPS) is 16.8. The Morgan fingerprint density at radius 3 is 2.32 bits per heavy atom. The van der Waals surface area contributed by atoms with Gasteiger partial charge in [-0.25, -0.2) is 4.79 Å². The van der Waals surface area contributed by atoms with E-state index in [0.29, 0.717) is 41.3 Å². The van der Waals surface area contributed by atoms with Gasteiger partial charge in [-0.1, -0.05) is 19.9 Å². The number of hydrogen-bond acceptors (Lipinski definition) is 8. The summed E-state index contributed by atoms with van der Waals surface area (Å²) in [7, 11) is 4.29. The molecule has 1 aliphatic rings. The standard InChI is InChI=1S/C28H37N3O7/c1-8-30(9-2)13-10-14-31-24(18-11-12-19(36-5)20(15-18)37-6)22(26(33)27(31)34)25(32)21-16(3)23(28(35)38-7)29-17(21)4/h11-12,15,24,29,32H,8-10,13-14H2,1-7H3/t24-/m0/s1. The van der Waals surface area contributed by atoms with Crippen molar-refractivity contribution in [2.75, 3.05) is 47.5 Å². The van der Waals surface area contributed by atoms with E-state index in [1.165, 1.54) is 26.2 Å². The van der Waals surface area contributed by atoms with Gasteiger partial charge in [-0.15, -0.1) is 0 Å². The van der Waals surface area contributed by atoms with Gasteiger partial charge in [0, 0.05) is 17.8 Å². The SMILES string of the molecule is CCN(CC)CCCN1C(=O)C(=O)C(=C(O)c2c(C)[nH]c(C(=O)OC)c2C)[C@@H]1c1ccc(OC)c(OC)c1. The summed E-state index contributed by atoms with van der Waals surface area (Å²) in [6.45, 7) is 10.3. The first-order valence-corrected chi connectivity index (χ1v) is 12.6. The second-order valence-corrected chi connectivity index (χ2v) is 9.10. The van der Waals surface area contributed by atoms with Crippen LogP contribution in [0.1, 0.15) is 59.2 Å². The Morgan fingerprint density at radius 2 is 1.74 bits per heavy atom. The topological polar surface area (TPSA) is 121 Å². The maximum absolute atomic E-state index is 13.4. The predicted molar refractivity (Wildman–Crippen MR) is 143 cm³/mol. The number of Topliss-reactive ketones (excluding diaryl/α,β-unsaturated/α-hetero) is 1. The number of nitrogens with zero attached hydrogens (tertiary/aromatic N) is 2. The molecule has 1 fully saturated rings. The van der Waals surface area contributed by atoms with E-state index in [2.05, 4.69) is 23.7 Å². The molecule has 0 aliphatic carbocycles. The van der Waals surface area contributed by atoms with Crippen molar-refractivity contribution in [3.8, 4) is 11.5 Å². The predicted octanol–water partition coefficient (Wildman–Crippen LogP) is 3.59. The lowest BCUT2D eigenvalue weighted by Crippen LogP contribution is -2.33. The monoisotopic (exact) mass is 527 g/mol. The number of aromatic amines is 1. The Morgan fingerprint density at radius 1 is 1.08 bits per heavy atom. The lowest BCUT2D eigenvalue weighted by atomic mass is 9.93. The van der Waals surface area contributed by atoms with Gasteiger partial charge in [0.15, 0.2) is 11.5 Å². The lowest BCUT2D eigenvalue weighted by molar-refractivity contribution is -0.140. The number of carbonyl (C=O) groups is 3. The number of H-pyrrole nitrogens is 1. The highest BCUT2D eigenvalue weighted by Crippen LogP contribution is 2.43. The third-order valence-corrected chi connectivity index (χ3v) is 7.09. The summed E-state index contributed by atoms with van der Waals surface area (Å²) in [5.41, 5.74) is 1.89. The van der Waals surface area contributed by atoms with Gasteiger partial charge in [0.05, 0.1) is 32.9 Å². The third kappa shape index (κ3) is 5.26. The molecular weight excluding hydrogens is 490 g/mol. The minimum atomic E-state index is -0.859. The van der Waals surface area contributed by atoms with Crippen LogP contribution in [0.3, 0.4) is 0 Å². The maximum Gasteiger partial charge on any atom is 0.354 e. The molecule has 10 heteroatoms. The fraction of sp³-hybridized carbons (Fsp3) is 0.464. The Kier molecular flexibility index (Phi) is 9.22. The smallest absolute Gasteiger partial charge is 0.354 e. The molecule has 1 aromatic carbocycles. The number of aryl methyl sites for hydroxylation is 1. The van der Waals surface area contributed by atoms with Gasteiger partial charge in [0.1, 0.15) is 11.5 Å².